The van der Waals surface area contributed by atoms with E-state index < -0.39 is 0 Å². The highest BCUT2D eigenvalue weighted by atomic mass is 32.1. The van der Waals surface area contributed by atoms with E-state index in [9.17, 15) is 4.39 Å². The summed E-state index contributed by atoms with van der Waals surface area (Å²) in [5, 5.41) is 24.9. The number of nitrogens with zero attached hydrogens (tertiary/aromatic N) is 8. The average Bonchev–Trinajstić information content (AvgIpc) is 4.43. The van der Waals surface area contributed by atoms with Crippen molar-refractivity contribution in [2.75, 3.05) is 19.6 Å². The lowest BCUT2D eigenvalue weighted by molar-refractivity contribution is 0.0559. The number of halogens is 1. The van der Waals surface area contributed by atoms with E-state index in [-0.39, 0.29) is 23.0 Å². The topological polar surface area (TPSA) is 146 Å². The molecule has 0 bridgehead atoms. The number of hydrogen-bond acceptors (Lipinski definition) is 14. The Morgan fingerprint density at radius 2 is 1.25 bits per heavy atom. The van der Waals surface area contributed by atoms with Gasteiger partial charge in [-0.3, -0.25) is 9.36 Å². The van der Waals surface area contributed by atoms with Crippen LogP contribution >= 0.6 is 34.0 Å². The number of piperidine rings is 2. The van der Waals surface area contributed by atoms with E-state index in [1.165, 1.54) is 48.9 Å². The molecule has 3 N–H and O–H groups in total. The second-order valence-electron chi connectivity index (χ2n) is 24.0. The zero-order chi connectivity index (χ0) is 57.3. The molecular formula is C66H68FN11O2S3. The van der Waals surface area contributed by atoms with Crippen LogP contribution < -0.4 is 20.7 Å². The van der Waals surface area contributed by atoms with Crippen LogP contribution in [0.4, 0.5) is 4.39 Å². The first-order valence-corrected chi connectivity index (χ1v) is 31.1. The molecule has 6 aromatic heterocycles. The number of hydrogen-bond donors (Lipinski definition) is 3. The van der Waals surface area contributed by atoms with Crippen molar-refractivity contribution in [2.45, 2.75) is 110 Å². The summed E-state index contributed by atoms with van der Waals surface area (Å²) in [7, 11) is 3.93. The Labute approximate surface area is 494 Å². The number of aryl methyl sites for hydroxylation is 4. The first kappa shape index (κ1) is 55.0. The molecule has 3 aliphatic rings. The number of fused-ring (bicyclic) bond motifs is 6. The molecule has 13 nitrogen and oxygen atoms in total. The van der Waals surface area contributed by atoms with Gasteiger partial charge in [0.15, 0.2) is 17.3 Å². The van der Waals surface area contributed by atoms with Gasteiger partial charge in [-0.05, 0) is 198 Å². The lowest BCUT2D eigenvalue weighted by Gasteiger charge is -2.45. The van der Waals surface area contributed by atoms with E-state index in [0.29, 0.717) is 23.4 Å². The number of nitrogens with one attached hydrogen (secondary N) is 3. The minimum absolute atomic E-state index is 0.0546. The van der Waals surface area contributed by atoms with Crippen LogP contribution in [0.2, 0.25) is 0 Å². The molecule has 0 radical (unpaired) electrons. The summed E-state index contributed by atoms with van der Waals surface area (Å²) in [4.78, 5) is 18.6. The van der Waals surface area contributed by atoms with Gasteiger partial charge >= 0.3 is 0 Å². The van der Waals surface area contributed by atoms with Gasteiger partial charge in [-0.2, -0.15) is 10.2 Å². The molecule has 3 aliphatic heterocycles. The van der Waals surface area contributed by atoms with Crippen LogP contribution in [-0.2, 0) is 14.1 Å². The summed E-state index contributed by atoms with van der Waals surface area (Å²) in [6.45, 7) is 18.2. The third-order valence-electron chi connectivity index (χ3n) is 15.9. The van der Waals surface area contributed by atoms with E-state index in [2.05, 4.69) is 163 Å². The smallest absolute Gasteiger partial charge is 0.274 e. The number of oxazole rings is 1. The second-order valence-corrected chi connectivity index (χ2v) is 27.1. The van der Waals surface area contributed by atoms with Gasteiger partial charge in [0.25, 0.3) is 5.19 Å². The molecule has 2 saturated heterocycles. The van der Waals surface area contributed by atoms with Gasteiger partial charge in [-0.1, -0.05) is 41.7 Å². The number of ether oxygens (including phenoxy) is 1. The van der Waals surface area contributed by atoms with Crippen molar-refractivity contribution >= 4 is 103 Å². The van der Waals surface area contributed by atoms with Crippen molar-refractivity contribution in [3.8, 4) is 38.6 Å². The summed E-state index contributed by atoms with van der Waals surface area (Å²) in [5.74, 6) is 0.806. The summed E-state index contributed by atoms with van der Waals surface area (Å²) in [6, 6.07) is 33.8. The van der Waals surface area contributed by atoms with E-state index in [1.54, 1.807) is 40.1 Å². The monoisotopic (exact) mass is 1160 g/mol. The highest BCUT2D eigenvalue weighted by Crippen LogP contribution is 2.40. The zero-order valence-corrected chi connectivity index (χ0v) is 50.8. The molecule has 12 aromatic rings. The van der Waals surface area contributed by atoms with Gasteiger partial charge < -0.3 is 25.1 Å². The Morgan fingerprint density at radius 1 is 0.627 bits per heavy atom. The Kier molecular flexibility index (Phi) is 14.6. The summed E-state index contributed by atoms with van der Waals surface area (Å²) in [6.07, 6.45) is 11.7. The number of thiazole rings is 3. The maximum atomic E-state index is 14.7. The molecule has 0 saturated carbocycles. The van der Waals surface area contributed by atoms with Gasteiger partial charge in [0, 0.05) is 80.1 Å². The molecule has 6 aromatic carbocycles. The van der Waals surface area contributed by atoms with E-state index in [4.69, 9.17) is 19.1 Å². The molecule has 1 unspecified atom stereocenters. The predicted octanol–water partition coefficient (Wildman–Crippen LogP) is 15.5. The van der Waals surface area contributed by atoms with Crippen LogP contribution in [0.15, 0.2) is 120 Å². The quantitative estimate of drug-likeness (QED) is 0.140. The van der Waals surface area contributed by atoms with E-state index in [1.807, 2.05) is 54.6 Å². The molecule has 0 aliphatic carbocycles. The standard InChI is InChI=1S/C25H30N4OS.C21H20N4S.C20H18FN3OS/c1-15-9-17(10-18-14-29(6)27-22(15)18)16-7-8-20-21(11-16)31-23(26-20)30-19-12-24(2,3)28-25(4,5)13-19;1-13-9-16(7-8-22-13)21-23-19-6-4-15(11-20(19)26-21)14-3-5-18-17(10-14)12-25(2)24-18;1-11-23-16-3-2-13(9-17(16)25-11)14-8-15(21)19-18(10-14)26-20(24-19)12-4-6-22-7-5-12/h7-11,14,19,28H,12-13H2,1-6H3;3-6,9-13,22H,7-8H2,1-2H3;2-3,8-10,12,22H,4-7H2,1H3. The number of aromatic nitrogens is 8. The van der Waals surface area contributed by atoms with Crippen molar-refractivity contribution in [2.24, 2.45) is 14.1 Å². The van der Waals surface area contributed by atoms with Crippen LogP contribution in [0, 0.1) is 19.7 Å². The van der Waals surface area contributed by atoms with Gasteiger partial charge in [0.2, 0.25) is 0 Å². The highest BCUT2D eigenvalue weighted by Gasteiger charge is 2.39. The average molecular weight is 1160 g/mol. The van der Waals surface area contributed by atoms with Crippen LogP contribution in [0.25, 0.3) is 103 Å². The fraction of sp³-hybridized carbons (Fsp3) is 0.333. The molecule has 9 heterocycles. The fourth-order valence-electron chi connectivity index (χ4n) is 12.4. The van der Waals surface area contributed by atoms with Gasteiger partial charge in [-0.15, -0.1) is 22.7 Å². The second kappa shape index (κ2) is 22.1. The van der Waals surface area contributed by atoms with Gasteiger partial charge in [-0.25, -0.2) is 24.3 Å². The van der Waals surface area contributed by atoms with Crippen molar-refractivity contribution in [3.63, 3.8) is 0 Å². The molecule has 424 valence electrons. The Hall–Kier alpha value is -7.25. The molecule has 2 fully saturated rings. The third kappa shape index (κ3) is 11.8. The lowest BCUT2D eigenvalue weighted by atomic mass is 9.81. The van der Waals surface area contributed by atoms with Gasteiger partial charge in [0.1, 0.15) is 22.1 Å². The molecule has 0 amide bonds. The Bertz CT molecular complexity index is 4420. The molecular weight excluding hydrogens is 1090 g/mol. The lowest BCUT2D eigenvalue weighted by Crippen LogP contribution is -2.60. The third-order valence-corrected chi connectivity index (χ3v) is 19.1. The normalized spacial score (nSPS) is 17.5. The maximum absolute atomic E-state index is 14.7. The van der Waals surface area contributed by atoms with Crippen LogP contribution in [0.5, 0.6) is 5.19 Å². The molecule has 0 spiro atoms. The molecule has 15 rings (SSSR count). The molecule has 17 heteroatoms. The zero-order valence-electron chi connectivity index (χ0n) is 48.4. The molecule has 1 atom stereocenters. The fourth-order valence-corrected chi connectivity index (χ4v) is 15.6. The van der Waals surface area contributed by atoms with Crippen molar-refractivity contribution in [3.05, 3.63) is 143 Å². The first-order valence-electron chi connectivity index (χ1n) is 28.7. The predicted molar refractivity (Wildman–Crippen MR) is 341 cm³/mol. The van der Waals surface area contributed by atoms with Crippen LogP contribution in [0.3, 0.4) is 0 Å². The van der Waals surface area contributed by atoms with Crippen molar-refractivity contribution in [1.82, 2.24) is 55.4 Å². The Morgan fingerprint density at radius 3 is 2.01 bits per heavy atom. The highest BCUT2D eigenvalue weighted by molar-refractivity contribution is 7.20. The first-order chi connectivity index (χ1) is 39.9. The summed E-state index contributed by atoms with van der Waals surface area (Å²) >= 11 is 5.06. The Balaban J connectivity index is 0.000000117. The van der Waals surface area contributed by atoms with Crippen LogP contribution in [-0.4, -0.2) is 82.4 Å². The van der Waals surface area contributed by atoms with E-state index >= 15 is 0 Å². The minimum atomic E-state index is -0.261. The van der Waals surface area contributed by atoms with Crippen molar-refractivity contribution in [1.29, 1.82) is 0 Å². The summed E-state index contributed by atoms with van der Waals surface area (Å²) in [5.41, 5.74) is 15.5. The summed E-state index contributed by atoms with van der Waals surface area (Å²) < 4.78 is 33.8. The van der Waals surface area contributed by atoms with Crippen molar-refractivity contribution < 1.29 is 13.5 Å². The molecule has 83 heavy (non-hydrogen) atoms. The SMILES string of the molecule is CC1C=C(c2nc3ccc(-c4ccc5nn(C)cc5c4)cc3s2)CCN1.Cc1cc(-c2ccc3nc(OC4CC(C)(C)NC(C)(C)C4)sc3c2)cc2cn(C)nc12.Cc1nc2ccc(-c3cc(F)c4nc(C5CCNCC5)sc4c3)cc2o1. The van der Waals surface area contributed by atoms with E-state index in [0.717, 1.165) is 121 Å². The number of benzene rings is 6. The maximum Gasteiger partial charge on any atom is 0.274 e. The number of rotatable bonds is 7. The largest absolute Gasteiger partial charge is 0.467 e. The minimum Gasteiger partial charge on any atom is -0.467 e. The van der Waals surface area contributed by atoms with Gasteiger partial charge in [0.05, 0.1) is 41.2 Å². The van der Waals surface area contributed by atoms with Crippen LogP contribution in [0.1, 0.15) is 94.1 Å².